The van der Waals surface area contributed by atoms with Crippen molar-refractivity contribution < 1.29 is 39.5 Å². The van der Waals surface area contributed by atoms with Crippen molar-refractivity contribution in [3.8, 4) is 0 Å². The van der Waals surface area contributed by atoms with Crippen molar-refractivity contribution in [2.24, 2.45) is 0 Å². The largest absolute Gasteiger partial charge is 1.00 e. The average Bonchev–Trinajstić information content (AvgIpc) is 3.03. The van der Waals surface area contributed by atoms with E-state index >= 15 is 0 Å². The van der Waals surface area contributed by atoms with Gasteiger partial charge in [-0.25, -0.2) is 0 Å². The smallest absolute Gasteiger partial charge is 0.550 e. The monoisotopic (exact) mass is 366 g/mol. The SMILES string of the molecule is O=C([O-])CCCCCCc1ccc(CCCCc2ccccc2)s1.[Na+]. The van der Waals surface area contributed by atoms with Gasteiger partial charge in [0.25, 0.3) is 0 Å². The quantitative estimate of drug-likeness (QED) is 0.422. The van der Waals surface area contributed by atoms with E-state index in [-0.39, 0.29) is 36.0 Å². The van der Waals surface area contributed by atoms with Gasteiger partial charge in [-0.05, 0) is 69.1 Å². The molecule has 0 unspecified atom stereocenters. The third-order valence-corrected chi connectivity index (χ3v) is 5.46. The summed E-state index contributed by atoms with van der Waals surface area (Å²) < 4.78 is 0. The van der Waals surface area contributed by atoms with Gasteiger partial charge in [0.05, 0.1) is 0 Å². The molecule has 1 heterocycles. The Kier molecular flexibility index (Phi) is 12.2. The van der Waals surface area contributed by atoms with Gasteiger partial charge in [0.15, 0.2) is 0 Å². The predicted molar refractivity (Wildman–Crippen MR) is 99.2 cm³/mol. The van der Waals surface area contributed by atoms with Gasteiger partial charge in [0, 0.05) is 15.7 Å². The molecule has 130 valence electrons. The molecule has 0 saturated carbocycles. The van der Waals surface area contributed by atoms with Crippen molar-refractivity contribution in [1.29, 1.82) is 0 Å². The minimum Gasteiger partial charge on any atom is -0.550 e. The fourth-order valence-corrected chi connectivity index (χ4v) is 3.99. The fourth-order valence-electron chi connectivity index (χ4n) is 2.89. The van der Waals surface area contributed by atoms with Crippen molar-refractivity contribution in [2.75, 3.05) is 0 Å². The summed E-state index contributed by atoms with van der Waals surface area (Å²) in [4.78, 5) is 13.3. The molecule has 2 nitrogen and oxygen atoms in total. The molecule has 4 heteroatoms. The number of carboxylic acids is 1. The van der Waals surface area contributed by atoms with Crippen LogP contribution >= 0.6 is 11.3 Å². The number of hydrogen-bond donors (Lipinski definition) is 0. The topological polar surface area (TPSA) is 40.1 Å². The number of carbonyl (C=O) groups is 1. The van der Waals surface area contributed by atoms with E-state index in [4.69, 9.17) is 0 Å². The number of rotatable bonds is 12. The van der Waals surface area contributed by atoms with Gasteiger partial charge in [-0.2, -0.15) is 0 Å². The van der Waals surface area contributed by atoms with E-state index in [0.29, 0.717) is 0 Å². The Morgan fingerprint density at radius 2 is 1.32 bits per heavy atom. The number of carbonyl (C=O) groups excluding carboxylic acids is 1. The molecular formula is C21H27NaO2S. The first-order chi connectivity index (χ1) is 11.7. The van der Waals surface area contributed by atoms with Gasteiger partial charge in [-0.15, -0.1) is 11.3 Å². The maximum Gasteiger partial charge on any atom is 1.00 e. The van der Waals surface area contributed by atoms with Crippen LogP contribution in [0.25, 0.3) is 0 Å². The van der Waals surface area contributed by atoms with E-state index in [9.17, 15) is 9.90 Å². The first-order valence-electron chi connectivity index (χ1n) is 9.05. The molecule has 0 amide bonds. The summed E-state index contributed by atoms with van der Waals surface area (Å²) in [5.41, 5.74) is 1.43. The van der Waals surface area contributed by atoms with Crippen LogP contribution in [0.3, 0.4) is 0 Å². The van der Waals surface area contributed by atoms with E-state index in [1.807, 2.05) is 11.3 Å². The number of benzene rings is 1. The number of aliphatic carboxylic acids is 1. The van der Waals surface area contributed by atoms with Crippen LogP contribution in [0.1, 0.15) is 60.3 Å². The molecule has 0 radical (unpaired) electrons. The normalized spacial score (nSPS) is 10.4. The van der Waals surface area contributed by atoms with Crippen molar-refractivity contribution >= 4 is 17.3 Å². The van der Waals surface area contributed by atoms with Crippen LogP contribution in [-0.4, -0.2) is 5.97 Å². The molecule has 0 spiro atoms. The number of unbranched alkanes of at least 4 members (excludes halogenated alkanes) is 4. The second-order valence-electron chi connectivity index (χ2n) is 6.35. The Balaban J connectivity index is 0.00000312. The number of thiophene rings is 1. The van der Waals surface area contributed by atoms with Crippen LogP contribution in [0.2, 0.25) is 0 Å². The van der Waals surface area contributed by atoms with E-state index < -0.39 is 5.97 Å². The second-order valence-corrected chi connectivity index (χ2v) is 7.60. The molecule has 0 aliphatic carbocycles. The maximum absolute atomic E-state index is 10.3. The summed E-state index contributed by atoms with van der Waals surface area (Å²) in [6, 6.07) is 15.2. The molecule has 0 saturated heterocycles. The average molecular weight is 367 g/mol. The summed E-state index contributed by atoms with van der Waals surface area (Å²) in [5.74, 6) is -0.926. The van der Waals surface area contributed by atoms with Crippen LogP contribution in [0.5, 0.6) is 0 Å². The Labute approximate surface area is 178 Å². The van der Waals surface area contributed by atoms with Crippen molar-refractivity contribution in [3.63, 3.8) is 0 Å². The van der Waals surface area contributed by atoms with Gasteiger partial charge >= 0.3 is 29.6 Å². The van der Waals surface area contributed by atoms with Gasteiger partial charge in [-0.3, -0.25) is 0 Å². The summed E-state index contributed by atoms with van der Waals surface area (Å²) in [5, 5.41) is 10.3. The molecule has 0 N–H and O–H groups in total. The van der Waals surface area contributed by atoms with Crippen LogP contribution in [0.4, 0.5) is 0 Å². The Morgan fingerprint density at radius 1 is 0.760 bits per heavy atom. The predicted octanol–water partition coefficient (Wildman–Crippen LogP) is 1.56. The van der Waals surface area contributed by atoms with Crippen molar-refractivity contribution in [2.45, 2.75) is 64.2 Å². The summed E-state index contributed by atoms with van der Waals surface area (Å²) in [6.45, 7) is 0. The van der Waals surface area contributed by atoms with Gasteiger partial charge in [-0.1, -0.05) is 43.2 Å². The van der Waals surface area contributed by atoms with Crippen LogP contribution in [0.15, 0.2) is 42.5 Å². The number of carboxylic acid groups (broad SMARTS) is 1. The third-order valence-electron chi connectivity index (χ3n) is 4.25. The molecular weight excluding hydrogens is 339 g/mol. The Hall–Kier alpha value is -0.610. The molecule has 1 aromatic heterocycles. The number of hydrogen-bond acceptors (Lipinski definition) is 3. The minimum absolute atomic E-state index is 0. The summed E-state index contributed by atoms with van der Waals surface area (Å²) in [7, 11) is 0. The zero-order valence-corrected chi connectivity index (χ0v) is 18.2. The van der Waals surface area contributed by atoms with Crippen LogP contribution < -0.4 is 34.7 Å². The Bertz CT molecular complexity index is 595. The summed E-state index contributed by atoms with van der Waals surface area (Å²) in [6.07, 6.45) is 10.2. The van der Waals surface area contributed by atoms with Gasteiger partial charge < -0.3 is 9.90 Å². The van der Waals surface area contributed by atoms with Gasteiger partial charge in [0.2, 0.25) is 0 Å². The van der Waals surface area contributed by atoms with E-state index in [0.717, 1.165) is 32.1 Å². The fraction of sp³-hybridized carbons (Fsp3) is 0.476. The van der Waals surface area contributed by atoms with Gasteiger partial charge in [0.1, 0.15) is 0 Å². The maximum atomic E-state index is 10.3. The zero-order chi connectivity index (χ0) is 17.0. The molecule has 2 aromatic rings. The first-order valence-corrected chi connectivity index (χ1v) is 9.87. The molecule has 0 atom stereocenters. The Morgan fingerprint density at radius 3 is 1.96 bits per heavy atom. The molecule has 2 rings (SSSR count). The van der Waals surface area contributed by atoms with E-state index in [1.54, 1.807) is 0 Å². The molecule has 25 heavy (non-hydrogen) atoms. The molecule has 0 bridgehead atoms. The standard InChI is InChI=1S/C21H28O2S.Na/c22-21(23)15-7-2-1-6-13-19-16-17-20(24-19)14-9-8-12-18-10-4-3-5-11-18;/h3-5,10-11,16-17H,1-2,6-9,12-15H2,(H,22,23);/q;+1/p-1. The van der Waals surface area contributed by atoms with Crippen LogP contribution in [-0.2, 0) is 24.1 Å². The minimum atomic E-state index is -0.926. The van der Waals surface area contributed by atoms with E-state index in [2.05, 4.69) is 42.5 Å². The third kappa shape index (κ3) is 10.2. The number of aryl methyl sites for hydroxylation is 3. The van der Waals surface area contributed by atoms with Crippen molar-refractivity contribution in [3.05, 3.63) is 57.8 Å². The van der Waals surface area contributed by atoms with E-state index in [1.165, 1.54) is 41.0 Å². The zero-order valence-electron chi connectivity index (χ0n) is 15.3. The molecule has 0 fully saturated rings. The second kappa shape index (κ2) is 13.6. The molecule has 1 aromatic carbocycles. The molecule has 0 aliphatic rings. The van der Waals surface area contributed by atoms with Crippen LogP contribution in [0, 0.1) is 0 Å². The summed E-state index contributed by atoms with van der Waals surface area (Å²) >= 11 is 1.94. The van der Waals surface area contributed by atoms with Crippen molar-refractivity contribution in [1.82, 2.24) is 0 Å². The first kappa shape index (κ1) is 22.4. The molecule has 0 aliphatic heterocycles.